The molecule has 1 aliphatic rings. The van der Waals surface area contributed by atoms with E-state index in [0.717, 1.165) is 31.9 Å². The van der Waals surface area contributed by atoms with E-state index in [2.05, 4.69) is 52.8 Å². The smallest absolute Gasteiger partial charge is 0.122 e. The lowest BCUT2D eigenvalue weighted by Crippen LogP contribution is -3.15. The standard InChI is InChI=1S/C20H33NO2/c1-15(2)19-9-8-16(3)12-20(19)22-11-7-6-10-21-13-17(4)23-18(5)14-21/h8-9,12,15,17-18H,6-7,10-11,13-14H2,1-5H3/p+1/t17-,18+. The van der Waals surface area contributed by atoms with Crippen LogP contribution in [0.1, 0.15) is 57.6 Å². The Kier molecular flexibility index (Phi) is 6.91. The van der Waals surface area contributed by atoms with Gasteiger partial charge in [-0.1, -0.05) is 26.0 Å². The molecule has 23 heavy (non-hydrogen) atoms. The molecule has 0 aliphatic carbocycles. The maximum Gasteiger partial charge on any atom is 0.122 e. The van der Waals surface area contributed by atoms with Crippen LogP contribution in [0.4, 0.5) is 0 Å². The molecule has 0 amide bonds. The van der Waals surface area contributed by atoms with Crippen molar-refractivity contribution in [3.8, 4) is 5.75 Å². The van der Waals surface area contributed by atoms with Gasteiger partial charge >= 0.3 is 0 Å². The minimum atomic E-state index is 0.394. The maximum absolute atomic E-state index is 6.08. The van der Waals surface area contributed by atoms with Gasteiger partial charge in [0.1, 0.15) is 31.0 Å². The first-order valence-electron chi connectivity index (χ1n) is 9.18. The number of hydrogen-bond donors (Lipinski definition) is 1. The fourth-order valence-corrected chi connectivity index (χ4v) is 3.50. The summed E-state index contributed by atoms with van der Waals surface area (Å²) in [7, 11) is 0. The number of unbranched alkanes of at least 4 members (excludes halogenated alkanes) is 1. The van der Waals surface area contributed by atoms with Crippen molar-refractivity contribution < 1.29 is 14.4 Å². The van der Waals surface area contributed by atoms with Gasteiger partial charge in [0.15, 0.2) is 0 Å². The fraction of sp³-hybridized carbons (Fsp3) is 0.700. The van der Waals surface area contributed by atoms with E-state index in [1.165, 1.54) is 24.1 Å². The van der Waals surface area contributed by atoms with Crippen molar-refractivity contribution in [3.63, 3.8) is 0 Å². The molecule has 3 heteroatoms. The molecule has 1 aliphatic heterocycles. The number of aryl methyl sites for hydroxylation is 1. The number of quaternary nitrogens is 1. The van der Waals surface area contributed by atoms with E-state index >= 15 is 0 Å². The third kappa shape index (κ3) is 5.82. The number of hydrogen-bond acceptors (Lipinski definition) is 2. The van der Waals surface area contributed by atoms with Crippen LogP contribution in [-0.4, -0.2) is 38.4 Å². The Morgan fingerprint density at radius 3 is 2.52 bits per heavy atom. The predicted molar refractivity (Wildman–Crippen MR) is 95.6 cm³/mol. The first-order chi connectivity index (χ1) is 11.0. The molecular weight excluding hydrogens is 286 g/mol. The van der Waals surface area contributed by atoms with Gasteiger partial charge in [-0.05, 0) is 56.7 Å². The van der Waals surface area contributed by atoms with Gasteiger partial charge in [-0.25, -0.2) is 0 Å². The second kappa shape index (κ2) is 8.70. The molecule has 1 fully saturated rings. The van der Waals surface area contributed by atoms with Crippen molar-refractivity contribution >= 4 is 0 Å². The normalized spacial score (nSPS) is 24.9. The van der Waals surface area contributed by atoms with Crippen molar-refractivity contribution in [1.82, 2.24) is 0 Å². The van der Waals surface area contributed by atoms with E-state index in [1.54, 1.807) is 4.90 Å². The minimum absolute atomic E-state index is 0.394. The number of rotatable bonds is 7. The molecule has 3 nitrogen and oxygen atoms in total. The molecule has 1 unspecified atom stereocenters. The summed E-state index contributed by atoms with van der Waals surface area (Å²) >= 11 is 0. The Morgan fingerprint density at radius 2 is 1.87 bits per heavy atom. The molecule has 0 spiro atoms. The molecule has 0 saturated carbocycles. The molecule has 0 aromatic heterocycles. The second-order valence-electron chi connectivity index (χ2n) is 7.42. The Balaban J connectivity index is 1.72. The number of nitrogens with one attached hydrogen (secondary N) is 1. The second-order valence-corrected chi connectivity index (χ2v) is 7.42. The van der Waals surface area contributed by atoms with E-state index in [0.29, 0.717) is 18.1 Å². The van der Waals surface area contributed by atoms with E-state index in [1.807, 2.05) is 0 Å². The van der Waals surface area contributed by atoms with Crippen LogP contribution in [0.15, 0.2) is 18.2 Å². The van der Waals surface area contributed by atoms with Gasteiger partial charge in [0.05, 0.1) is 13.2 Å². The van der Waals surface area contributed by atoms with Crippen LogP contribution in [0.5, 0.6) is 5.75 Å². The van der Waals surface area contributed by atoms with Crippen LogP contribution < -0.4 is 9.64 Å². The topological polar surface area (TPSA) is 22.9 Å². The lowest BCUT2D eigenvalue weighted by atomic mass is 10.0. The average Bonchev–Trinajstić information content (AvgIpc) is 2.45. The summed E-state index contributed by atoms with van der Waals surface area (Å²) in [6.45, 7) is 15.3. The number of benzene rings is 1. The SMILES string of the molecule is Cc1ccc(C(C)C)c(OCCCC[NH+]2C[C@@H](C)O[C@@H](C)C2)c1. The lowest BCUT2D eigenvalue weighted by molar-refractivity contribution is -0.915. The van der Waals surface area contributed by atoms with Crippen LogP contribution >= 0.6 is 0 Å². The van der Waals surface area contributed by atoms with Gasteiger partial charge in [-0.15, -0.1) is 0 Å². The molecule has 0 bridgehead atoms. The molecule has 1 N–H and O–H groups in total. The van der Waals surface area contributed by atoms with Gasteiger partial charge in [-0.2, -0.15) is 0 Å². The molecule has 130 valence electrons. The molecule has 1 aromatic carbocycles. The summed E-state index contributed by atoms with van der Waals surface area (Å²) in [4.78, 5) is 1.68. The van der Waals surface area contributed by atoms with Gasteiger partial charge in [0.2, 0.25) is 0 Å². The van der Waals surface area contributed by atoms with Crippen molar-refractivity contribution in [2.24, 2.45) is 0 Å². The maximum atomic E-state index is 6.08. The van der Waals surface area contributed by atoms with E-state index in [9.17, 15) is 0 Å². The highest BCUT2D eigenvalue weighted by Gasteiger charge is 2.24. The van der Waals surface area contributed by atoms with Crippen molar-refractivity contribution in [3.05, 3.63) is 29.3 Å². The van der Waals surface area contributed by atoms with Crippen LogP contribution in [0, 0.1) is 6.92 Å². The molecular formula is C20H34NO2+. The van der Waals surface area contributed by atoms with E-state index < -0.39 is 0 Å². The Labute approximate surface area is 142 Å². The highest BCUT2D eigenvalue weighted by molar-refractivity contribution is 5.39. The van der Waals surface area contributed by atoms with Crippen LogP contribution in [0.2, 0.25) is 0 Å². The largest absolute Gasteiger partial charge is 0.493 e. The van der Waals surface area contributed by atoms with Crippen molar-refractivity contribution in [2.75, 3.05) is 26.2 Å². The van der Waals surface area contributed by atoms with Gasteiger partial charge < -0.3 is 14.4 Å². The molecule has 1 heterocycles. The van der Waals surface area contributed by atoms with Crippen LogP contribution in [0.3, 0.4) is 0 Å². The third-order valence-electron chi connectivity index (χ3n) is 4.59. The third-order valence-corrected chi connectivity index (χ3v) is 4.59. The van der Waals surface area contributed by atoms with Gasteiger partial charge in [0.25, 0.3) is 0 Å². The average molecular weight is 320 g/mol. The van der Waals surface area contributed by atoms with Gasteiger partial charge in [-0.3, -0.25) is 0 Å². The Hall–Kier alpha value is -1.06. The zero-order valence-electron chi connectivity index (χ0n) is 15.5. The van der Waals surface area contributed by atoms with Crippen molar-refractivity contribution in [2.45, 2.75) is 65.6 Å². The van der Waals surface area contributed by atoms with E-state index in [4.69, 9.17) is 9.47 Å². The van der Waals surface area contributed by atoms with Crippen molar-refractivity contribution in [1.29, 1.82) is 0 Å². The molecule has 1 aromatic rings. The first-order valence-corrected chi connectivity index (χ1v) is 9.18. The monoisotopic (exact) mass is 320 g/mol. The summed E-state index contributed by atoms with van der Waals surface area (Å²) in [5.74, 6) is 1.58. The zero-order chi connectivity index (χ0) is 16.8. The highest BCUT2D eigenvalue weighted by Crippen LogP contribution is 2.27. The lowest BCUT2D eigenvalue weighted by Gasteiger charge is -2.32. The zero-order valence-corrected chi connectivity index (χ0v) is 15.5. The fourth-order valence-electron chi connectivity index (χ4n) is 3.50. The van der Waals surface area contributed by atoms with Crippen LogP contribution in [-0.2, 0) is 4.74 Å². The summed E-state index contributed by atoms with van der Waals surface area (Å²) in [5, 5.41) is 0. The van der Waals surface area contributed by atoms with Crippen LogP contribution in [0.25, 0.3) is 0 Å². The Bertz CT molecular complexity index is 477. The molecule has 2 rings (SSSR count). The van der Waals surface area contributed by atoms with Gasteiger partial charge in [0, 0.05) is 0 Å². The summed E-state index contributed by atoms with van der Waals surface area (Å²) in [5.41, 5.74) is 2.59. The quantitative estimate of drug-likeness (QED) is 0.781. The number of morpholine rings is 1. The molecule has 0 radical (unpaired) electrons. The Morgan fingerprint density at radius 1 is 1.17 bits per heavy atom. The van der Waals surface area contributed by atoms with E-state index in [-0.39, 0.29) is 0 Å². The molecule has 1 saturated heterocycles. The molecule has 3 atom stereocenters. The summed E-state index contributed by atoms with van der Waals surface area (Å²) in [6.07, 6.45) is 3.13. The predicted octanol–water partition coefficient (Wildman–Crippen LogP) is 2.97. The minimum Gasteiger partial charge on any atom is -0.493 e. The summed E-state index contributed by atoms with van der Waals surface area (Å²) in [6, 6.07) is 6.55. The highest BCUT2D eigenvalue weighted by atomic mass is 16.5. The summed E-state index contributed by atoms with van der Waals surface area (Å²) < 4.78 is 11.9. The number of ether oxygens (including phenoxy) is 2. The first kappa shape index (κ1) is 18.3.